The fourth-order valence-corrected chi connectivity index (χ4v) is 1.02. The van der Waals surface area contributed by atoms with Crippen LogP contribution in [0.1, 0.15) is 17.3 Å². The minimum atomic E-state index is -0.0427. The Kier molecular flexibility index (Phi) is 3.41. The molecule has 5 nitrogen and oxygen atoms in total. The number of benzene rings is 1. The molecule has 0 aromatic heterocycles. The number of nitrogens with two attached hydrogens (primary N) is 1. The highest BCUT2D eigenvalue weighted by atomic mass is 16.1. The van der Waals surface area contributed by atoms with E-state index in [2.05, 4.69) is 10.3 Å². The molecule has 0 aliphatic rings. The zero-order valence-corrected chi connectivity index (χ0v) is 8.19. The maximum absolute atomic E-state index is 11.1. The minimum absolute atomic E-state index is 0.00166. The lowest BCUT2D eigenvalue weighted by Gasteiger charge is -1.99. The van der Waals surface area contributed by atoms with Gasteiger partial charge in [0.1, 0.15) is 0 Å². The standard InChI is InChI=1S/C10H10N4O/c1-7(15)8-3-2-4-9(5-8)14-10(12)13-6-11/h2-5H,1H3,(H3,12,13,14). The topological polar surface area (TPSA) is 91.3 Å². The van der Waals surface area contributed by atoms with Crippen molar-refractivity contribution in [2.24, 2.45) is 10.7 Å². The van der Waals surface area contributed by atoms with Crippen molar-refractivity contribution in [3.63, 3.8) is 0 Å². The first-order valence-corrected chi connectivity index (χ1v) is 4.23. The molecule has 5 heteroatoms. The Morgan fingerprint density at radius 3 is 2.93 bits per heavy atom. The number of carbonyl (C=O) groups excluding carboxylic acids is 1. The molecule has 0 heterocycles. The average Bonchev–Trinajstić information content (AvgIpc) is 2.18. The lowest BCUT2D eigenvalue weighted by atomic mass is 10.1. The molecular weight excluding hydrogens is 192 g/mol. The van der Waals surface area contributed by atoms with Gasteiger partial charge in [-0.2, -0.15) is 5.26 Å². The van der Waals surface area contributed by atoms with Gasteiger partial charge in [0.05, 0.1) is 5.69 Å². The van der Waals surface area contributed by atoms with Crippen molar-refractivity contribution in [1.82, 2.24) is 5.32 Å². The number of Topliss-reactive ketones (excluding diaryl/α,β-unsaturated/α-hetero) is 1. The fourth-order valence-electron chi connectivity index (χ4n) is 1.02. The molecule has 0 spiro atoms. The highest BCUT2D eigenvalue weighted by Gasteiger charge is 1.99. The summed E-state index contributed by atoms with van der Waals surface area (Å²) in [7, 11) is 0. The lowest BCUT2D eigenvalue weighted by Crippen LogP contribution is -2.26. The third-order valence-electron chi connectivity index (χ3n) is 1.69. The Morgan fingerprint density at radius 1 is 1.60 bits per heavy atom. The molecule has 0 aliphatic heterocycles. The van der Waals surface area contributed by atoms with Gasteiger partial charge < -0.3 is 5.73 Å². The number of guanidine groups is 1. The molecule has 0 amide bonds. The van der Waals surface area contributed by atoms with Gasteiger partial charge in [0.2, 0.25) is 5.96 Å². The predicted molar refractivity (Wildman–Crippen MR) is 56.5 cm³/mol. The van der Waals surface area contributed by atoms with Gasteiger partial charge >= 0.3 is 0 Å². The Hall–Kier alpha value is -2.35. The number of hydrogen-bond donors (Lipinski definition) is 2. The normalized spacial score (nSPS) is 10.5. The van der Waals surface area contributed by atoms with Gasteiger partial charge in [0.25, 0.3) is 0 Å². The molecule has 3 N–H and O–H groups in total. The summed E-state index contributed by atoms with van der Waals surface area (Å²) >= 11 is 0. The summed E-state index contributed by atoms with van der Waals surface area (Å²) in [4.78, 5) is 15.0. The van der Waals surface area contributed by atoms with E-state index in [9.17, 15) is 4.79 Å². The van der Waals surface area contributed by atoms with E-state index in [0.29, 0.717) is 11.3 Å². The van der Waals surface area contributed by atoms with Gasteiger partial charge in [-0.3, -0.25) is 10.1 Å². The number of rotatable bonds is 2. The molecule has 0 saturated carbocycles. The molecule has 15 heavy (non-hydrogen) atoms. The van der Waals surface area contributed by atoms with E-state index < -0.39 is 0 Å². The average molecular weight is 202 g/mol. The first kappa shape index (κ1) is 10.7. The largest absolute Gasteiger partial charge is 0.369 e. The van der Waals surface area contributed by atoms with Crippen LogP contribution in [0.5, 0.6) is 0 Å². The molecule has 0 radical (unpaired) electrons. The van der Waals surface area contributed by atoms with E-state index in [0.717, 1.165) is 0 Å². The van der Waals surface area contributed by atoms with E-state index in [1.54, 1.807) is 30.5 Å². The summed E-state index contributed by atoms with van der Waals surface area (Å²) in [6.45, 7) is 1.47. The van der Waals surface area contributed by atoms with Crippen molar-refractivity contribution < 1.29 is 4.79 Å². The highest BCUT2D eigenvalue weighted by Crippen LogP contribution is 2.13. The number of ketones is 1. The second-order valence-corrected chi connectivity index (χ2v) is 2.84. The zero-order chi connectivity index (χ0) is 11.3. The van der Waals surface area contributed by atoms with E-state index >= 15 is 0 Å². The number of nitrogens with one attached hydrogen (secondary N) is 1. The van der Waals surface area contributed by atoms with Crippen LogP contribution in [0.3, 0.4) is 0 Å². The smallest absolute Gasteiger partial charge is 0.207 e. The van der Waals surface area contributed by atoms with Crippen LogP contribution in [0, 0.1) is 11.5 Å². The quantitative estimate of drug-likeness (QED) is 0.245. The molecule has 1 rings (SSSR count). The molecule has 0 unspecified atom stereocenters. The van der Waals surface area contributed by atoms with Crippen molar-refractivity contribution in [2.45, 2.75) is 6.92 Å². The van der Waals surface area contributed by atoms with Gasteiger partial charge in [-0.05, 0) is 19.1 Å². The van der Waals surface area contributed by atoms with Gasteiger partial charge in [0, 0.05) is 5.56 Å². The van der Waals surface area contributed by atoms with Gasteiger partial charge in [-0.15, -0.1) is 0 Å². The summed E-state index contributed by atoms with van der Waals surface area (Å²) in [5.74, 6) is -0.0444. The lowest BCUT2D eigenvalue weighted by molar-refractivity contribution is 0.101. The highest BCUT2D eigenvalue weighted by molar-refractivity contribution is 5.95. The van der Waals surface area contributed by atoms with Crippen molar-refractivity contribution in [3.05, 3.63) is 29.8 Å². The Bertz CT molecular complexity index is 445. The van der Waals surface area contributed by atoms with Crippen LogP contribution in [0.15, 0.2) is 29.3 Å². The molecule has 0 fully saturated rings. The summed E-state index contributed by atoms with van der Waals surface area (Å²) in [5, 5.41) is 10.5. The molecule has 0 atom stereocenters. The monoisotopic (exact) mass is 202 g/mol. The molecule has 1 aromatic carbocycles. The van der Waals surface area contributed by atoms with E-state index in [-0.39, 0.29) is 11.7 Å². The van der Waals surface area contributed by atoms with Crippen LogP contribution in [0.2, 0.25) is 0 Å². The van der Waals surface area contributed by atoms with E-state index in [1.807, 2.05) is 0 Å². The minimum Gasteiger partial charge on any atom is -0.369 e. The predicted octanol–water partition coefficient (Wildman–Crippen LogP) is 0.906. The van der Waals surface area contributed by atoms with E-state index in [1.165, 1.54) is 6.92 Å². The Morgan fingerprint density at radius 2 is 2.33 bits per heavy atom. The van der Waals surface area contributed by atoms with Crippen LogP contribution in [0.4, 0.5) is 5.69 Å². The third-order valence-corrected chi connectivity index (χ3v) is 1.69. The summed E-state index contributed by atoms with van der Waals surface area (Å²) in [5.41, 5.74) is 6.46. The first-order chi connectivity index (χ1) is 7.13. The molecule has 76 valence electrons. The fraction of sp³-hybridized carbons (Fsp3) is 0.100. The molecular formula is C10H10N4O. The maximum atomic E-state index is 11.1. The molecule has 1 aromatic rings. The second kappa shape index (κ2) is 4.77. The van der Waals surface area contributed by atoms with Crippen LogP contribution >= 0.6 is 0 Å². The third kappa shape index (κ3) is 3.12. The van der Waals surface area contributed by atoms with Crippen molar-refractivity contribution in [1.29, 1.82) is 5.26 Å². The van der Waals surface area contributed by atoms with Crippen LogP contribution < -0.4 is 11.1 Å². The molecule has 0 saturated heterocycles. The number of nitrogens with zero attached hydrogens (tertiary/aromatic N) is 2. The molecule has 0 aliphatic carbocycles. The number of hydrogen-bond acceptors (Lipinski definition) is 3. The molecule has 0 bridgehead atoms. The van der Waals surface area contributed by atoms with Gasteiger partial charge in [-0.1, -0.05) is 12.1 Å². The van der Waals surface area contributed by atoms with Crippen LogP contribution in [-0.2, 0) is 0 Å². The van der Waals surface area contributed by atoms with Crippen molar-refractivity contribution in [2.75, 3.05) is 0 Å². The summed E-state index contributed by atoms with van der Waals surface area (Å²) < 4.78 is 0. The number of aliphatic imine (C=N–C) groups is 1. The Labute approximate surface area is 87.2 Å². The zero-order valence-electron chi connectivity index (χ0n) is 8.19. The van der Waals surface area contributed by atoms with Gasteiger partial charge in [-0.25, -0.2) is 4.99 Å². The number of carbonyl (C=O) groups is 1. The number of nitriles is 1. The second-order valence-electron chi connectivity index (χ2n) is 2.84. The summed E-state index contributed by atoms with van der Waals surface area (Å²) in [6.07, 6.45) is 1.65. The summed E-state index contributed by atoms with van der Waals surface area (Å²) in [6, 6.07) is 6.69. The maximum Gasteiger partial charge on any atom is 0.207 e. The van der Waals surface area contributed by atoms with Crippen molar-refractivity contribution in [3.8, 4) is 6.19 Å². The SMILES string of the molecule is CC(=O)c1cccc(N=C(N)NC#N)c1. The van der Waals surface area contributed by atoms with Crippen LogP contribution in [-0.4, -0.2) is 11.7 Å². The Balaban J connectivity index is 2.97. The van der Waals surface area contributed by atoms with Crippen molar-refractivity contribution >= 4 is 17.4 Å². The van der Waals surface area contributed by atoms with Crippen LogP contribution in [0.25, 0.3) is 0 Å². The van der Waals surface area contributed by atoms with Gasteiger partial charge in [0.15, 0.2) is 12.0 Å². The van der Waals surface area contributed by atoms with E-state index in [4.69, 9.17) is 11.0 Å². The first-order valence-electron chi connectivity index (χ1n) is 4.23.